The Hall–Kier alpha value is -7.19. The van der Waals surface area contributed by atoms with Crippen LogP contribution >= 0.6 is 0 Å². The van der Waals surface area contributed by atoms with Crippen molar-refractivity contribution in [1.82, 2.24) is 9.13 Å². The minimum atomic E-state index is -2.19. The zero-order valence-electron chi connectivity index (χ0n) is 29.1. The van der Waals surface area contributed by atoms with Crippen LogP contribution in [0.5, 0.6) is 0 Å². The van der Waals surface area contributed by atoms with Gasteiger partial charge < -0.3 is 13.6 Å². The van der Waals surface area contributed by atoms with E-state index in [-0.39, 0.29) is 5.56 Å². The van der Waals surface area contributed by atoms with E-state index >= 15 is 8.78 Å². The van der Waals surface area contributed by atoms with Crippen molar-refractivity contribution in [1.29, 1.82) is 0 Å². The summed E-state index contributed by atoms with van der Waals surface area (Å²) >= 11 is 0. The molecule has 8 heteroatoms. The fourth-order valence-corrected chi connectivity index (χ4v) is 8.36. The lowest BCUT2D eigenvalue weighted by molar-refractivity contribution is 0.381. The number of para-hydroxylation sites is 3. The van der Waals surface area contributed by atoms with E-state index < -0.39 is 34.6 Å². The van der Waals surface area contributed by atoms with Gasteiger partial charge in [-0.2, -0.15) is 0 Å². The van der Waals surface area contributed by atoms with E-state index in [0.29, 0.717) is 10.9 Å². The molecule has 0 aliphatic heterocycles. The Bertz CT molecular complexity index is 3350. The van der Waals surface area contributed by atoms with Crippen molar-refractivity contribution in [2.24, 2.45) is 0 Å². The van der Waals surface area contributed by atoms with E-state index in [1.807, 2.05) is 83.4 Å². The van der Waals surface area contributed by atoms with E-state index in [0.717, 1.165) is 66.4 Å². The van der Waals surface area contributed by atoms with Crippen LogP contribution in [0, 0.1) is 29.1 Å². The van der Waals surface area contributed by atoms with Crippen molar-refractivity contribution in [3.05, 3.63) is 181 Å². The number of nitrogens with zero attached hydrogens (tertiary/aromatic N) is 2. The summed E-state index contributed by atoms with van der Waals surface area (Å²) in [5.41, 5.74) is 7.70. The second kappa shape index (κ2) is 11.9. The average Bonchev–Trinajstić information content (AvgIpc) is 3.89. The van der Waals surface area contributed by atoms with Gasteiger partial charge in [-0.05, 0) is 95.6 Å². The number of hydrogen-bond acceptors (Lipinski definition) is 1. The molecule has 0 spiro atoms. The number of halogens is 5. The first-order valence-electron chi connectivity index (χ1n) is 18.0. The lowest BCUT2D eigenvalue weighted by Crippen LogP contribution is -2.04. The molecule has 11 rings (SSSR count). The largest absolute Gasteiger partial charge is 0.456 e. The zero-order chi connectivity index (χ0) is 37.8. The van der Waals surface area contributed by atoms with Gasteiger partial charge in [0.1, 0.15) is 11.2 Å². The molecule has 8 aromatic carbocycles. The van der Waals surface area contributed by atoms with Crippen molar-refractivity contribution in [3.63, 3.8) is 0 Å². The van der Waals surface area contributed by atoms with Crippen molar-refractivity contribution < 1.29 is 26.4 Å². The molecule has 3 heterocycles. The van der Waals surface area contributed by atoms with Crippen LogP contribution in [0.1, 0.15) is 0 Å². The predicted molar refractivity (Wildman–Crippen MR) is 213 cm³/mol. The summed E-state index contributed by atoms with van der Waals surface area (Å²) in [6.07, 6.45) is 0. The molecule has 11 aromatic rings. The standard InChI is InChI=1S/C48H25F5N2O/c49-44-43(45(50)47(52)48(53)46(44)51)28-15-19-40-34(24-28)33-22-26(14-18-39(33)54(40)29-8-2-1-3-9-29)27-16-20-41-35(23-27)36-25-30(17-21-42(36)56-41)55-37-12-6-4-10-31(37)32-11-5-7-13-38(32)55/h1-25H. The topological polar surface area (TPSA) is 23.0 Å². The van der Waals surface area contributed by atoms with Gasteiger partial charge in [0, 0.05) is 43.7 Å². The first kappa shape index (κ1) is 32.3. The Morgan fingerprint density at radius 2 is 0.768 bits per heavy atom. The third-order valence-electron chi connectivity index (χ3n) is 10.9. The molecule has 268 valence electrons. The Labute approximate surface area is 314 Å². The first-order chi connectivity index (χ1) is 27.4. The number of rotatable bonds is 4. The highest BCUT2D eigenvalue weighted by atomic mass is 19.2. The summed E-state index contributed by atoms with van der Waals surface area (Å²) in [4.78, 5) is 0. The molecule has 0 atom stereocenters. The maximum atomic E-state index is 15.1. The van der Waals surface area contributed by atoms with E-state index in [1.165, 1.54) is 22.9 Å². The van der Waals surface area contributed by atoms with Crippen LogP contribution in [0.4, 0.5) is 22.0 Å². The Balaban J connectivity index is 1.11. The minimum absolute atomic E-state index is 0.131. The fourth-order valence-electron chi connectivity index (χ4n) is 8.36. The van der Waals surface area contributed by atoms with Gasteiger partial charge in [-0.1, -0.05) is 72.8 Å². The van der Waals surface area contributed by atoms with Crippen LogP contribution in [-0.2, 0) is 0 Å². The molecule has 0 aliphatic rings. The van der Waals surface area contributed by atoms with Crippen LogP contribution in [0.25, 0.3) is 99.2 Å². The van der Waals surface area contributed by atoms with Crippen LogP contribution in [0.15, 0.2) is 156 Å². The molecule has 0 fully saturated rings. The second-order valence-electron chi connectivity index (χ2n) is 13.9. The zero-order valence-corrected chi connectivity index (χ0v) is 29.1. The maximum Gasteiger partial charge on any atom is 0.200 e. The van der Waals surface area contributed by atoms with Crippen LogP contribution in [-0.4, -0.2) is 9.13 Å². The molecule has 0 radical (unpaired) electrons. The third kappa shape index (κ3) is 4.56. The SMILES string of the molecule is Fc1c(F)c(F)c(-c2ccc3c(c2)c2cc(-c4ccc5oc6ccc(-n7c8ccccc8c8ccccc87)cc6c5c4)ccc2n3-c2ccccc2)c(F)c1F. The van der Waals surface area contributed by atoms with Crippen molar-refractivity contribution >= 4 is 65.6 Å². The van der Waals surface area contributed by atoms with Gasteiger partial charge >= 0.3 is 0 Å². The summed E-state index contributed by atoms with van der Waals surface area (Å²) in [6.45, 7) is 0. The van der Waals surface area contributed by atoms with E-state index in [2.05, 4.69) is 59.2 Å². The minimum Gasteiger partial charge on any atom is -0.456 e. The van der Waals surface area contributed by atoms with E-state index in [4.69, 9.17) is 4.42 Å². The highest BCUT2D eigenvalue weighted by Gasteiger charge is 2.27. The molecule has 0 N–H and O–H groups in total. The summed E-state index contributed by atoms with van der Waals surface area (Å²) in [5.74, 6) is -9.93. The summed E-state index contributed by atoms with van der Waals surface area (Å²) in [5, 5.41) is 5.54. The monoisotopic (exact) mass is 740 g/mol. The molecule has 0 saturated heterocycles. The number of furan rings is 1. The van der Waals surface area contributed by atoms with Gasteiger partial charge in [0.05, 0.1) is 27.6 Å². The maximum absolute atomic E-state index is 15.1. The molecule has 0 aliphatic carbocycles. The Kier molecular flexibility index (Phi) is 6.86. The summed E-state index contributed by atoms with van der Waals surface area (Å²) < 4.78 is 83.5. The van der Waals surface area contributed by atoms with Gasteiger partial charge in [0.15, 0.2) is 23.3 Å². The highest BCUT2D eigenvalue weighted by molar-refractivity contribution is 6.13. The number of benzene rings is 8. The van der Waals surface area contributed by atoms with Gasteiger partial charge in [-0.15, -0.1) is 0 Å². The average molecular weight is 741 g/mol. The fraction of sp³-hybridized carbons (Fsp3) is 0. The van der Waals surface area contributed by atoms with Crippen molar-refractivity contribution in [3.8, 4) is 33.6 Å². The van der Waals surface area contributed by atoms with Crippen LogP contribution in [0.2, 0.25) is 0 Å². The Morgan fingerprint density at radius 1 is 0.321 bits per heavy atom. The lowest BCUT2D eigenvalue weighted by atomic mass is 9.98. The smallest absolute Gasteiger partial charge is 0.200 e. The molecule has 3 aromatic heterocycles. The molecule has 0 saturated carbocycles. The molecule has 0 amide bonds. The molecule has 56 heavy (non-hydrogen) atoms. The lowest BCUT2D eigenvalue weighted by Gasteiger charge is -2.10. The molecular formula is C48H25F5N2O. The molecule has 3 nitrogen and oxygen atoms in total. The van der Waals surface area contributed by atoms with E-state index in [1.54, 1.807) is 6.07 Å². The third-order valence-corrected chi connectivity index (χ3v) is 10.9. The van der Waals surface area contributed by atoms with Gasteiger partial charge in [0.25, 0.3) is 0 Å². The van der Waals surface area contributed by atoms with Gasteiger partial charge in [-0.3, -0.25) is 0 Å². The second-order valence-corrected chi connectivity index (χ2v) is 13.9. The molecule has 0 unspecified atom stereocenters. The quantitative estimate of drug-likeness (QED) is 0.100. The highest BCUT2D eigenvalue weighted by Crippen LogP contribution is 2.41. The van der Waals surface area contributed by atoms with Gasteiger partial charge in [0.2, 0.25) is 5.82 Å². The normalized spacial score (nSPS) is 12.0. The molecular weight excluding hydrogens is 716 g/mol. The van der Waals surface area contributed by atoms with Gasteiger partial charge in [-0.25, -0.2) is 22.0 Å². The van der Waals surface area contributed by atoms with Crippen molar-refractivity contribution in [2.75, 3.05) is 0 Å². The predicted octanol–water partition coefficient (Wildman–Crippen LogP) is 13.8. The van der Waals surface area contributed by atoms with Crippen LogP contribution in [0.3, 0.4) is 0 Å². The molecule has 0 bridgehead atoms. The summed E-state index contributed by atoms with van der Waals surface area (Å²) in [6, 6.07) is 49.1. The number of fused-ring (bicyclic) bond motifs is 9. The first-order valence-corrected chi connectivity index (χ1v) is 18.0. The van der Waals surface area contributed by atoms with E-state index in [9.17, 15) is 13.2 Å². The summed E-state index contributed by atoms with van der Waals surface area (Å²) in [7, 11) is 0. The Morgan fingerprint density at radius 3 is 1.41 bits per heavy atom. The number of aromatic nitrogens is 2. The van der Waals surface area contributed by atoms with Crippen molar-refractivity contribution in [2.45, 2.75) is 0 Å². The number of hydrogen-bond donors (Lipinski definition) is 0. The van der Waals surface area contributed by atoms with Crippen LogP contribution < -0.4 is 0 Å².